The summed E-state index contributed by atoms with van der Waals surface area (Å²) in [6.07, 6.45) is 0.189. The summed E-state index contributed by atoms with van der Waals surface area (Å²) in [5.74, 6) is -5.80. The van der Waals surface area contributed by atoms with Crippen molar-refractivity contribution in [3.05, 3.63) is 69.7 Å². The number of phenolic OH excluding ortho intramolecular Hbond substituents is 1. The molecule has 0 saturated carbocycles. The molecule has 5 rings (SSSR count). The number of carbonyl (C=O) groups is 3. The Balaban J connectivity index is 1.66. The van der Waals surface area contributed by atoms with Crippen molar-refractivity contribution >= 4 is 17.5 Å². The molecule has 1 unspecified atom stereocenters. The molecule has 0 radical (unpaired) electrons. The van der Waals surface area contributed by atoms with E-state index in [1.165, 1.54) is 11.0 Å². The fourth-order valence-corrected chi connectivity index (χ4v) is 7.08. The third-order valence-electron chi connectivity index (χ3n) is 9.04. The molecule has 3 aliphatic rings. The number of methoxy groups -OCH3 is 1. The Morgan fingerprint density at radius 2 is 1.84 bits per heavy atom. The van der Waals surface area contributed by atoms with Crippen LogP contribution in [0.15, 0.2) is 53.0 Å². The molecular formula is C33H39N3O8. The number of nitrogens with zero attached hydrogens (tertiary/aromatic N) is 1. The topological polar surface area (TPSA) is 183 Å². The predicted octanol–water partition coefficient (Wildman–Crippen LogP) is 2.54. The molecule has 0 aromatic heterocycles. The highest BCUT2D eigenvalue weighted by Crippen LogP contribution is 2.53. The van der Waals surface area contributed by atoms with E-state index in [4.69, 9.17) is 10.5 Å². The predicted molar refractivity (Wildman–Crippen MR) is 162 cm³/mol. The van der Waals surface area contributed by atoms with Gasteiger partial charge in [0.2, 0.25) is 5.78 Å². The number of ether oxygens (including phenoxy) is 1. The van der Waals surface area contributed by atoms with Gasteiger partial charge in [-0.1, -0.05) is 26.0 Å². The molecule has 0 saturated heterocycles. The lowest BCUT2D eigenvalue weighted by molar-refractivity contribution is -0.148. The van der Waals surface area contributed by atoms with Gasteiger partial charge in [-0.3, -0.25) is 19.3 Å². The quantitative estimate of drug-likeness (QED) is 0.245. The van der Waals surface area contributed by atoms with Gasteiger partial charge in [0, 0.05) is 23.6 Å². The Morgan fingerprint density at radius 3 is 2.45 bits per heavy atom. The number of nitrogens with two attached hydrogens (primary N) is 1. The number of aliphatic hydroxyl groups excluding tert-OH is 2. The average Bonchev–Trinajstić information content (AvgIpc) is 2.94. The van der Waals surface area contributed by atoms with Crippen LogP contribution in [-0.4, -0.2) is 82.2 Å². The van der Waals surface area contributed by atoms with Gasteiger partial charge in [-0.2, -0.15) is 0 Å². The number of Topliss-reactive ketones (excluding diaryl/α,β-unsaturated/α-hetero) is 2. The van der Waals surface area contributed by atoms with Crippen LogP contribution in [-0.2, 0) is 22.6 Å². The number of aliphatic hydroxyl groups is 3. The number of phenols is 1. The van der Waals surface area contributed by atoms with Gasteiger partial charge in [-0.25, -0.2) is 0 Å². The van der Waals surface area contributed by atoms with Crippen LogP contribution >= 0.6 is 0 Å². The van der Waals surface area contributed by atoms with Crippen LogP contribution in [0.25, 0.3) is 11.1 Å². The number of hydrogen-bond acceptors (Lipinski definition) is 10. The number of fused-ring (bicyclic) bond motifs is 3. The Kier molecular flexibility index (Phi) is 8.08. The molecule has 44 heavy (non-hydrogen) atoms. The standard InChI is InChI=1S/C33H39N3O8/c1-15(2)13-35-14-16-6-9-23(44-5)19(10-16)18-7-8-22(37)25-20(18)11-17-12-21-27(36(3)4)29(39)26(32(34)42)31(41)33(21,43)30(40)24(17)28(25)38/h6-10,15,17,21,27,35,37,39-40,43H,11-14H2,1-5H3,(H2,34,42)/t17-,21-,27?,33-/m0/s1. The Hall–Kier alpha value is -4.19. The van der Waals surface area contributed by atoms with Gasteiger partial charge in [0.15, 0.2) is 11.4 Å². The molecule has 3 aliphatic carbocycles. The Labute approximate surface area is 255 Å². The number of rotatable bonds is 8. The summed E-state index contributed by atoms with van der Waals surface area (Å²) < 4.78 is 5.68. The first-order valence-electron chi connectivity index (χ1n) is 14.6. The summed E-state index contributed by atoms with van der Waals surface area (Å²) in [4.78, 5) is 41.3. The van der Waals surface area contributed by atoms with E-state index in [1.807, 2.05) is 18.2 Å². The monoisotopic (exact) mass is 605 g/mol. The molecule has 11 nitrogen and oxygen atoms in total. The molecule has 0 fully saturated rings. The molecular weight excluding hydrogens is 566 g/mol. The summed E-state index contributed by atoms with van der Waals surface area (Å²) >= 11 is 0. The molecule has 2 aromatic rings. The van der Waals surface area contributed by atoms with Crippen molar-refractivity contribution in [2.75, 3.05) is 27.7 Å². The number of aromatic hydroxyl groups is 1. The molecule has 2 aromatic carbocycles. The fraction of sp³-hybridized carbons (Fsp3) is 0.424. The van der Waals surface area contributed by atoms with Crippen molar-refractivity contribution < 1.29 is 39.5 Å². The largest absolute Gasteiger partial charge is 0.510 e. The Bertz CT molecular complexity index is 1620. The van der Waals surface area contributed by atoms with Gasteiger partial charge in [0.1, 0.15) is 28.6 Å². The summed E-state index contributed by atoms with van der Waals surface area (Å²) in [6, 6.07) is 7.84. The smallest absolute Gasteiger partial charge is 0.255 e. The second kappa shape index (κ2) is 11.4. The van der Waals surface area contributed by atoms with Crippen LogP contribution in [0.4, 0.5) is 0 Å². The lowest BCUT2D eigenvalue weighted by atomic mass is 9.58. The molecule has 1 amide bonds. The van der Waals surface area contributed by atoms with E-state index in [-0.39, 0.29) is 29.7 Å². The second-order valence-corrected chi connectivity index (χ2v) is 12.5. The van der Waals surface area contributed by atoms with E-state index in [9.17, 15) is 34.8 Å². The van der Waals surface area contributed by atoms with Gasteiger partial charge in [0.05, 0.1) is 18.7 Å². The van der Waals surface area contributed by atoms with Crippen LogP contribution in [0.1, 0.15) is 41.8 Å². The maximum Gasteiger partial charge on any atom is 0.255 e. The third kappa shape index (κ3) is 4.75. The van der Waals surface area contributed by atoms with Gasteiger partial charge >= 0.3 is 0 Å². The third-order valence-corrected chi connectivity index (χ3v) is 9.04. The van der Waals surface area contributed by atoms with Gasteiger partial charge in [0.25, 0.3) is 5.91 Å². The highest BCUT2D eigenvalue weighted by molar-refractivity contribution is 6.25. The Morgan fingerprint density at radius 1 is 1.14 bits per heavy atom. The van der Waals surface area contributed by atoms with Crippen molar-refractivity contribution in [3.63, 3.8) is 0 Å². The first-order valence-corrected chi connectivity index (χ1v) is 14.6. The SMILES string of the molecule is COc1ccc(CNCC(C)C)cc1-c1ccc(O)c2c1C[C@H]1C[C@H]3C(N(C)C)C(O)=C(C(N)=O)C(=O)[C@@]3(O)C(O)=C1C2=O. The van der Waals surface area contributed by atoms with Gasteiger partial charge in [-0.15, -0.1) is 0 Å². The van der Waals surface area contributed by atoms with E-state index >= 15 is 0 Å². The molecule has 0 spiro atoms. The van der Waals surface area contributed by atoms with E-state index in [0.29, 0.717) is 29.3 Å². The van der Waals surface area contributed by atoms with Gasteiger partial charge in [-0.05, 0) is 80.2 Å². The zero-order chi connectivity index (χ0) is 32.2. The van der Waals surface area contributed by atoms with Crippen molar-refractivity contribution in [1.82, 2.24) is 10.2 Å². The summed E-state index contributed by atoms with van der Waals surface area (Å²) in [7, 11) is 4.74. The first kappa shape index (κ1) is 31.2. The molecule has 0 heterocycles. The lowest BCUT2D eigenvalue weighted by Crippen LogP contribution is -2.63. The number of hydrogen-bond donors (Lipinski definition) is 6. The van der Waals surface area contributed by atoms with E-state index < -0.39 is 58.0 Å². The number of ketones is 2. The first-order chi connectivity index (χ1) is 20.7. The number of allylic oxidation sites excluding steroid dienone is 1. The van der Waals surface area contributed by atoms with E-state index in [2.05, 4.69) is 19.2 Å². The lowest BCUT2D eigenvalue weighted by Gasteiger charge is -2.50. The van der Waals surface area contributed by atoms with Gasteiger partial charge < -0.3 is 36.2 Å². The average molecular weight is 606 g/mol. The number of benzene rings is 2. The number of primary amides is 1. The van der Waals surface area contributed by atoms with Crippen molar-refractivity contribution in [2.24, 2.45) is 23.5 Å². The number of nitrogens with one attached hydrogen (secondary N) is 1. The summed E-state index contributed by atoms with van der Waals surface area (Å²) in [6.45, 7) is 5.69. The molecule has 234 valence electrons. The molecule has 0 aliphatic heterocycles. The zero-order valence-electron chi connectivity index (χ0n) is 25.5. The number of likely N-dealkylation sites (N-methyl/N-ethyl adjacent to an activating group) is 1. The normalized spacial score (nSPS) is 24.9. The van der Waals surface area contributed by atoms with E-state index in [1.54, 1.807) is 27.3 Å². The maximum absolute atomic E-state index is 14.1. The minimum absolute atomic E-state index is 0.0111. The molecule has 4 atom stereocenters. The van der Waals surface area contributed by atoms with Crippen LogP contribution in [0, 0.1) is 17.8 Å². The summed E-state index contributed by atoms with van der Waals surface area (Å²) in [5, 5.41) is 48.7. The van der Waals surface area contributed by atoms with Crippen molar-refractivity contribution in [2.45, 2.75) is 44.9 Å². The highest BCUT2D eigenvalue weighted by Gasteiger charge is 2.63. The number of amides is 1. The fourth-order valence-electron chi connectivity index (χ4n) is 7.08. The van der Waals surface area contributed by atoms with Crippen molar-refractivity contribution in [3.8, 4) is 22.6 Å². The molecule has 7 N–H and O–H groups in total. The second-order valence-electron chi connectivity index (χ2n) is 12.5. The minimum Gasteiger partial charge on any atom is -0.510 e. The highest BCUT2D eigenvalue weighted by atomic mass is 16.5. The van der Waals surface area contributed by atoms with Crippen LogP contribution < -0.4 is 15.8 Å². The maximum atomic E-state index is 14.1. The molecule has 11 heteroatoms. The molecule has 0 bridgehead atoms. The van der Waals surface area contributed by atoms with Crippen molar-refractivity contribution in [1.29, 1.82) is 0 Å². The van der Waals surface area contributed by atoms with E-state index in [0.717, 1.165) is 17.7 Å². The zero-order valence-corrected chi connectivity index (χ0v) is 25.5. The number of carbonyl (C=O) groups excluding carboxylic acids is 3. The van der Waals surface area contributed by atoms with Crippen LogP contribution in [0.3, 0.4) is 0 Å². The minimum atomic E-state index is -2.68. The van der Waals surface area contributed by atoms with Crippen LogP contribution in [0.2, 0.25) is 0 Å². The summed E-state index contributed by atoms with van der Waals surface area (Å²) in [5.41, 5.74) is 4.55. The van der Waals surface area contributed by atoms with Crippen LogP contribution in [0.5, 0.6) is 11.5 Å².